The van der Waals surface area contributed by atoms with Crippen LogP contribution < -0.4 is 16.4 Å². The molecule has 4 N–H and O–H groups in total. The molecule has 1 unspecified atom stereocenters. The Morgan fingerprint density at radius 2 is 1.86 bits per heavy atom. The average molecular weight is 201 g/mol. The molecule has 14 heavy (non-hydrogen) atoms. The number of hydrogen-bond acceptors (Lipinski definition) is 3. The van der Waals surface area contributed by atoms with Gasteiger partial charge in [0.1, 0.15) is 0 Å². The van der Waals surface area contributed by atoms with Crippen LogP contribution in [-0.2, 0) is 4.79 Å². The van der Waals surface area contributed by atoms with Crippen LogP contribution in [-0.4, -0.2) is 25.0 Å². The van der Waals surface area contributed by atoms with Crippen molar-refractivity contribution in [2.24, 2.45) is 17.6 Å². The van der Waals surface area contributed by atoms with Crippen molar-refractivity contribution >= 4 is 11.9 Å². The largest absolute Gasteiger partial charge is 0.351 e. The lowest BCUT2D eigenvalue weighted by molar-refractivity contribution is -0.119. The second kappa shape index (κ2) is 6.37. The first-order valence-corrected chi connectivity index (χ1v) is 4.73. The highest BCUT2D eigenvalue weighted by Crippen LogP contribution is 2.06. The molecular formula is C9H19N3O2. The van der Waals surface area contributed by atoms with Gasteiger partial charge < -0.3 is 11.1 Å². The van der Waals surface area contributed by atoms with E-state index in [-0.39, 0.29) is 6.54 Å². The van der Waals surface area contributed by atoms with Crippen LogP contribution in [0.1, 0.15) is 20.8 Å². The number of nitrogens with one attached hydrogen (secondary N) is 2. The molecule has 0 aliphatic rings. The molecule has 0 aliphatic carbocycles. The van der Waals surface area contributed by atoms with E-state index in [0.717, 1.165) is 6.54 Å². The van der Waals surface area contributed by atoms with Crippen LogP contribution in [0.5, 0.6) is 0 Å². The van der Waals surface area contributed by atoms with Crippen molar-refractivity contribution in [2.75, 3.05) is 13.1 Å². The molecule has 0 heterocycles. The fourth-order valence-electron chi connectivity index (χ4n) is 0.831. The van der Waals surface area contributed by atoms with E-state index >= 15 is 0 Å². The highest BCUT2D eigenvalue weighted by molar-refractivity contribution is 5.94. The maximum Gasteiger partial charge on any atom is 0.318 e. The van der Waals surface area contributed by atoms with Crippen LogP contribution in [0.3, 0.4) is 0 Å². The number of primary amides is 1. The molecular weight excluding hydrogens is 182 g/mol. The lowest BCUT2D eigenvalue weighted by Crippen LogP contribution is -2.41. The van der Waals surface area contributed by atoms with Gasteiger partial charge in [0.25, 0.3) is 0 Å². The minimum Gasteiger partial charge on any atom is -0.351 e. The van der Waals surface area contributed by atoms with Crippen molar-refractivity contribution < 1.29 is 9.59 Å². The normalized spacial score (nSPS) is 12.6. The molecule has 0 aliphatic heterocycles. The summed E-state index contributed by atoms with van der Waals surface area (Å²) in [5.74, 6) is 0.673. The summed E-state index contributed by atoms with van der Waals surface area (Å²) in [6.07, 6.45) is 0. The molecule has 5 heteroatoms. The van der Waals surface area contributed by atoms with Crippen molar-refractivity contribution in [3.8, 4) is 0 Å². The number of amides is 3. The Morgan fingerprint density at radius 1 is 1.29 bits per heavy atom. The first-order valence-electron chi connectivity index (χ1n) is 4.73. The van der Waals surface area contributed by atoms with Crippen LogP contribution in [0, 0.1) is 11.8 Å². The first kappa shape index (κ1) is 12.9. The molecule has 0 spiro atoms. The van der Waals surface area contributed by atoms with E-state index in [1.807, 2.05) is 5.32 Å². The number of carbonyl (C=O) groups excluding carboxylic acids is 2. The lowest BCUT2D eigenvalue weighted by atomic mass is 9.98. The summed E-state index contributed by atoms with van der Waals surface area (Å²) in [6, 6.07) is -0.811. The van der Waals surface area contributed by atoms with Gasteiger partial charge in [0, 0.05) is 0 Å². The predicted octanol–water partition coefficient (Wildman–Crippen LogP) is 0.0630. The third-order valence-electron chi connectivity index (χ3n) is 2.15. The Morgan fingerprint density at radius 3 is 2.29 bits per heavy atom. The minimum absolute atomic E-state index is 0.125. The second-order valence-electron chi connectivity index (χ2n) is 3.76. The average Bonchev–Trinajstić information content (AvgIpc) is 2.02. The van der Waals surface area contributed by atoms with Crippen molar-refractivity contribution in [3.05, 3.63) is 0 Å². The van der Waals surface area contributed by atoms with Gasteiger partial charge in [-0.05, 0) is 18.4 Å². The zero-order valence-electron chi connectivity index (χ0n) is 8.96. The van der Waals surface area contributed by atoms with E-state index < -0.39 is 11.9 Å². The van der Waals surface area contributed by atoms with Crippen molar-refractivity contribution in [3.63, 3.8) is 0 Å². The van der Waals surface area contributed by atoms with Gasteiger partial charge in [0.15, 0.2) is 0 Å². The van der Waals surface area contributed by atoms with Crippen LogP contribution in [0.4, 0.5) is 4.79 Å². The summed E-state index contributed by atoms with van der Waals surface area (Å²) in [6.45, 7) is 7.22. The summed E-state index contributed by atoms with van der Waals surface area (Å²) >= 11 is 0. The Bertz CT molecular complexity index is 204. The van der Waals surface area contributed by atoms with Gasteiger partial charge in [0.2, 0.25) is 5.91 Å². The molecule has 3 amide bonds. The highest BCUT2D eigenvalue weighted by Gasteiger charge is 2.08. The second-order valence-corrected chi connectivity index (χ2v) is 3.76. The molecule has 0 fully saturated rings. The molecule has 0 aromatic carbocycles. The molecule has 0 bridgehead atoms. The smallest absolute Gasteiger partial charge is 0.318 e. The molecule has 0 rings (SSSR count). The van der Waals surface area contributed by atoms with Gasteiger partial charge >= 0.3 is 6.03 Å². The van der Waals surface area contributed by atoms with Gasteiger partial charge in [0.05, 0.1) is 6.54 Å². The van der Waals surface area contributed by atoms with E-state index in [9.17, 15) is 9.59 Å². The monoisotopic (exact) mass is 201 g/mol. The summed E-state index contributed by atoms with van der Waals surface area (Å²) in [4.78, 5) is 21.2. The van der Waals surface area contributed by atoms with Gasteiger partial charge in [-0.15, -0.1) is 0 Å². The number of hydrogen-bond donors (Lipinski definition) is 3. The van der Waals surface area contributed by atoms with E-state index in [4.69, 9.17) is 5.73 Å². The maximum atomic E-state index is 10.9. The third-order valence-corrected chi connectivity index (χ3v) is 2.15. The fraction of sp³-hybridized carbons (Fsp3) is 0.778. The SMILES string of the molecule is CC(C)C(C)CNCC(=O)NC(N)=O. The molecule has 0 saturated carbocycles. The molecule has 0 saturated heterocycles. The molecule has 0 radical (unpaired) electrons. The van der Waals surface area contributed by atoms with Crippen LogP contribution in [0.2, 0.25) is 0 Å². The zero-order valence-corrected chi connectivity index (χ0v) is 8.96. The van der Waals surface area contributed by atoms with Gasteiger partial charge in [-0.25, -0.2) is 4.79 Å². The van der Waals surface area contributed by atoms with Crippen LogP contribution in [0.25, 0.3) is 0 Å². The summed E-state index contributed by atoms with van der Waals surface area (Å²) in [5.41, 5.74) is 4.77. The Balaban J connectivity index is 3.54. The Hall–Kier alpha value is -1.10. The number of urea groups is 1. The number of imide groups is 1. The quantitative estimate of drug-likeness (QED) is 0.588. The molecule has 1 atom stereocenters. The molecule has 5 nitrogen and oxygen atoms in total. The van der Waals surface area contributed by atoms with E-state index in [1.165, 1.54) is 0 Å². The number of carbonyl (C=O) groups is 2. The topological polar surface area (TPSA) is 84.2 Å². The van der Waals surface area contributed by atoms with E-state index in [2.05, 4.69) is 26.1 Å². The number of rotatable bonds is 5. The van der Waals surface area contributed by atoms with Crippen LogP contribution in [0.15, 0.2) is 0 Å². The molecule has 0 aromatic rings. The van der Waals surface area contributed by atoms with E-state index in [1.54, 1.807) is 0 Å². The van der Waals surface area contributed by atoms with E-state index in [0.29, 0.717) is 11.8 Å². The third kappa shape index (κ3) is 6.42. The standard InChI is InChI=1S/C9H19N3O2/c1-6(2)7(3)4-11-5-8(13)12-9(10)14/h6-7,11H,4-5H2,1-3H3,(H3,10,12,13,14). The van der Waals surface area contributed by atoms with Gasteiger partial charge in [-0.1, -0.05) is 20.8 Å². The summed E-state index contributed by atoms with van der Waals surface area (Å²) in [7, 11) is 0. The Labute approximate surface area is 84.4 Å². The van der Waals surface area contributed by atoms with Crippen molar-refractivity contribution in [2.45, 2.75) is 20.8 Å². The van der Waals surface area contributed by atoms with Crippen molar-refractivity contribution in [1.82, 2.24) is 10.6 Å². The minimum atomic E-state index is -0.811. The fourth-order valence-corrected chi connectivity index (χ4v) is 0.831. The van der Waals surface area contributed by atoms with Crippen molar-refractivity contribution in [1.29, 1.82) is 0 Å². The lowest BCUT2D eigenvalue weighted by Gasteiger charge is -2.15. The van der Waals surface area contributed by atoms with Gasteiger partial charge in [-0.3, -0.25) is 10.1 Å². The molecule has 0 aromatic heterocycles. The first-order chi connectivity index (χ1) is 6.43. The highest BCUT2D eigenvalue weighted by atomic mass is 16.2. The predicted molar refractivity (Wildman–Crippen MR) is 54.6 cm³/mol. The van der Waals surface area contributed by atoms with Crippen LogP contribution >= 0.6 is 0 Å². The number of nitrogens with two attached hydrogens (primary N) is 1. The summed E-state index contributed by atoms with van der Waals surface area (Å²) < 4.78 is 0. The Kier molecular flexibility index (Phi) is 5.87. The maximum absolute atomic E-state index is 10.9. The van der Waals surface area contributed by atoms with Gasteiger partial charge in [-0.2, -0.15) is 0 Å². The summed E-state index contributed by atoms with van der Waals surface area (Å²) in [5, 5.41) is 4.93. The zero-order chi connectivity index (χ0) is 11.1. The molecule has 82 valence electrons.